The quantitative estimate of drug-likeness (QED) is 0.555. The Kier molecular flexibility index (Phi) is 5.11. The largest absolute Gasteiger partial charge is 0.491 e. The minimum Gasteiger partial charge on any atom is -0.491 e. The van der Waals surface area contributed by atoms with Gasteiger partial charge in [0.1, 0.15) is 11.4 Å². The van der Waals surface area contributed by atoms with E-state index in [0.717, 1.165) is 36.4 Å². The van der Waals surface area contributed by atoms with Gasteiger partial charge in [-0.3, -0.25) is 9.97 Å². The highest BCUT2D eigenvalue weighted by atomic mass is 16.5. The molecule has 3 nitrogen and oxygen atoms in total. The zero-order valence-corrected chi connectivity index (χ0v) is 11.0. The van der Waals surface area contributed by atoms with Crippen LogP contribution >= 0.6 is 0 Å². The highest BCUT2D eigenvalue weighted by Gasteiger charge is 2.07. The van der Waals surface area contributed by atoms with Gasteiger partial charge in [0.2, 0.25) is 0 Å². The van der Waals surface area contributed by atoms with E-state index >= 15 is 0 Å². The maximum absolute atomic E-state index is 5.80. The van der Waals surface area contributed by atoms with Crippen LogP contribution in [0.3, 0.4) is 0 Å². The summed E-state index contributed by atoms with van der Waals surface area (Å²) in [5.41, 5.74) is 1.64. The molecule has 0 N–H and O–H groups in total. The summed E-state index contributed by atoms with van der Waals surface area (Å²) in [4.78, 5) is 8.67. The van der Waals surface area contributed by atoms with E-state index in [1.807, 2.05) is 36.4 Å². The second-order valence-corrected chi connectivity index (χ2v) is 4.20. The molecule has 0 fully saturated rings. The Morgan fingerprint density at radius 1 is 1.05 bits per heavy atom. The SMILES string of the molecule is C=CCCCCOc1cccnc1-c1ccccn1. The molecule has 19 heavy (non-hydrogen) atoms. The van der Waals surface area contributed by atoms with Crippen LogP contribution in [-0.2, 0) is 0 Å². The van der Waals surface area contributed by atoms with Crippen LogP contribution in [0, 0.1) is 0 Å². The fourth-order valence-corrected chi connectivity index (χ4v) is 1.78. The predicted octanol–water partition coefficient (Wildman–Crippen LogP) is 3.88. The molecule has 2 heterocycles. The van der Waals surface area contributed by atoms with Crippen LogP contribution in [-0.4, -0.2) is 16.6 Å². The third-order valence-electron chi connectivity index (χ3n) is 2.74. The lowest BCUT2D eigenvalue weighted by Gasteiger charge is -2.09. The monoisotopic (exact) mass is 254 g/mol. The molecule has 0 aliphatic rings. The number of aromatic nitrogens is 2. The Labute approximate surface area is 114 Å². The van der Waals surface area contributed by atoms with Crippen LogP contribution in [0.25, 0.3) is 11.4 Å². The van der Waals surface area contributed by atoms with Crippen molar-refractivity contribution in [3.8, 4) is 17.1 Å². The van der Waals surface area contributed by atoms with Crippen molar-refractivity contribution in [1.82, 2.24) is 9.97 Å². The van der Waals surface area contributed by atoms with Gasteiger partial charge < -0.3 is 4.74 Å². The molecule has 98 valence electrons. The Bertz CT molecular complexity index is 511. The van der Waals surface area contributed by atoms with Gasteiger partial charge in [0.05, 0.1) is 12.3 Å². The first-order chi connectivity index (χ1) is 9.42. The number of unbranched alkanes of at least 4 members (excludes halogenated alkanes) is 2. The van der Waals surface area contributed by atoms with Crippen molar-refractivity contribution in [3.05, 3.63) is 55.4 Å². The average molecular weight is 254 g/mol. The molecule has 0 saturated heterocycles. The summed E-state index contributed by atoms with van der Waals surface area (Å²) in [6, 6.07) is 9.59. The summed E-state index contributed by atoms with van der Waals surface area (Å²) in [6.07, 6.45) is 8.60. The van der Waals surface area contributed by atoms with Crippen molar-refractivity contribution in [2.24, 2.45) is 0 Å². The molecule has 0 amide bonds. The van der Waals surface area contributed by atoms with E-state index in [1.54, 1.807) is 12.4 Å². The molecule has 2 aromatic rings. The van der Waals surface area contributed by atoms with E-state index in [4.69, 9.17) is 4.74 Å². The molecular weight excluding hydrogens is 236 g/mol. The van der Waals surface area contributed by atoms with Crippen LogP contribution in [0.1, 0.15) is 19.3 Å². The molecule has 0 radical (unpaired) electrons. The third kappa shape index (κ3) is 3.91. The minimum absolute atomic E-state index is 0.694. The lowest BCUT2D eigenvalue weighted by Crippen LogP contribution is -2.00. The molecule has 0 atom stereocenters. The number of ether oxygens (including phenoxy) is 1. The first kappa shape index (κ1) is 13.3. The van der Waals surface area contributed by atoms with Gasteiger partial charge in [-0.25, -0.2) is 0 Å². The summed E-state index contributed by atoms with van der Waals surface area (Å²) in [5.74, 6) is 0.791. The van der Waals surface area contributed by atoms with E-state index in [0.29, 0.717) is 6.61 Å². The zero-order chi connectivity index (χ0) is 13.3. The lowest BCUT2D eigenvalue weighted by atomic mass is 10.2. The van der Waals surface area contributed by atoms with Crippen LogP contribution < -0.4 is 4.74 Å². The van der Waals surface area contributed by atoms with Gasteiger partial charge in [-0.2, -0.15) is 0 Å². The molecule has 0 saturated carbocycles. The van der Waals surface area contributed by atoms with E-state index in [-0.39, 0.29) is 0 Å². The van der Waals surface area contributed by atoms with Crippen molar-refractivity contribution in [2.75, 3.05) is 6.61 Å². The van der Waals surface area contributed by atoms with Crippen LogP contribution in [0.4, 0.5) is 0 Å². The van der Waals surface area contributed by atoms with Gasteiger partial charge >= 0.3 is 0 Å². The number of pyridine rings is 2. The Balaban J connectivity index is 2.03. The molecule has 0 aliphatic carbocycles. The molecular formula is C16H18N2O. The Morgan fingerprint density at radius 2 is 1.95 bits per heavy atom. The zero-order valence-electron chi connectivity index (χ0n) is 11.0. The van der Waals surface area contributed by atoms with Gasteiger partial charge in [0.25, 0.3) is 0 Å². The van der Waals surface area contributed by atoms with Crippen molar-refractivity contribution < 1.29 is 4.74 Å². The highest BCUT2D eigenvalue weighted by Crippen LogP contribution is 2.25. The maximum Gasteiger partial charge on any atom is 0.147 e. The summed E-state index contributed by atoms with van der Waals surface area (Å²) >= 11 is 0. The highest BCUT2D eigenvalue weighted by molar-refractivity contribution is 5.61. The maximum atomic E-state index is 5.80. The van der Waals surface area contributed by atoms with E-state index in [9.17, 15) is 0 Å². The topological polar surface area (TPSA) is 35.0 Å². The summed E-state index contributed by atoms with van der Waals surface area (Å²) in [5, 5.41) is 0. The number of nitrogens with zero attached hydrogens (tertiary/aromatic N) is 2. The first-order valence-electron chi connectivity index (χ1n) is 6.52. The van der Waals surface area contributed by atoms with Gasteiger partial charge in [0, 0.05) is 12.4 Å². The summed E-state index contributed by atoms with van der Waals surface area (Å²) in [6.45, 7) is 4.41. The van der Waals surface area contributed by atoms with Crippen molar-refractivity contribution in [1.29, 1.82) is 0 Å². The van der Waals surface area contributed by atoms with E-state index < -0.39 is 0 Å². The number of allylic oxidation sites excluding steroid dienone is 1. The van der Waals surface area contributed by atoms with E-state index in [2.05, 4.69) is 16.5 Å². The number of hydrogen-bond acceptors (Lipinski definition) is 3. The molecule has 0 bridgehead atoms. The average Bonchev–Trinajstić information content (AvgIpc) is 2.48. The molecule has 2 rings (SSSR count). The second kappa shape index (κ2) is 7.31. The van der Waals surface area contributed by atoms with Gasteiger partial charge in [-0.15, -0.1) is 6.58 Å². The molecule has 0 spiro atoms. The van der Waals surface area contributed by atoms with Gasteiger partial charge in [-0.05, 0) is 43.5 Å². The van der Waals surface area contributed by atoms with Crippen molar-refractivity contribution in [2.45, 2.75) is 19.3 Å². The van der Waals surface area contributed by atoms with Gasteiger partial charge in [0.15, 0.2) is 0 Å². The van der Waals surface area contributed by atoms with Crippen LogP contribution in [0.5, 0.6) is 5.75 Å². The predicted molar refractivity (Wildman–Crippen MR) is 77.0 cm³/mol. The standard InChI is InChI=1S/C16H18N2O/c1-2-3-4-7-13-19-15-10-8-12-18-16(15)14-9-5-6-11-17-14/h2,5-6,8-12H,1,3-4,7,13H2. The van der Waals surface area contributed by atoms with E-state index in [1.165, 1.54) is 0 Å². The Morgan fingerprint density at radius 3 is 2.74 bits per heavy atom. The van der Waals surface area contributed by atoms with Crippen molar-refractivity contribution >= 4 is 0 Å². The molecule has 0 unspecified atom stereocenters. The Hall–Kier alpha value is -2.16. The molecule has 3 heteroatoms. The summed E-state index contributed by atoms with van der Waals surface area (Å²) in [7, 11) is 0. The van der Waals surface area contributed by atoms with Crippen LogP contribution in [0.2, 0.25) is 0 Å². The van der Waals surface area contributed by atoms with Crippen molar-refractivity contribution in [3.63, 3.8) is 0 Å². The summed E-state index contributed by atoms with van der Waals surface area (Å²) < 4.78 is 5.80. The number of hydrogen-bond donors (Lipinski definition) is 0. The molecule has 0 aromatic carbocycles. The fraction of sp³-hybridized carbons (Fsp3) is 0.250. The second-order valence-electron chi connectivity index (χ2n) is 4.20. The normalized spacial score (nSPS) is 10.1. The molecule has 2 aromatic heterocycles. The fourth-order valence-electron chi connectivity index (χ4n) is 1.78. The minimum atomic E-state index is 0.694. The third-order valence-corrected chi connectivity index (χ3v) is 2.74. The first-order valence-corrected chi connectivity index (χ1v) is 6.52. The smallest absolute Gasteiger partial charge is 0.147 e. The lowest BCUT2D eigenvalue weighted by molar-refractivity contribution is 0.307. The van der Waals surface area contributed by atoms with Crippen LogP contribution in [0.15, 0.2) is 55.4 Å². The number of rotatable bonds is 7. The van der Waals surface area contributed by atoms with Gasteiger partial charge in [-0.1, -0.05) is 12.1 Å². The molecule has 0 aliphatic heterocycles.